The maximum atomic E-state index is 12.2. The van der Waals surface area contributed by atoms with Crippen molar-refractivity contribution in [3.05, 3.63) is 53.9 Å². The Kier molecular flexibility index (Phi) is 4.93. The Hall–Kier alpha value is -4.06. The highest BCUT2D eigenvalue weighted by Gasteiger charge is 2.54. The number of anilines is 1. The molecule has 1 saturated carbocycles. The molecule has 1 aromatic carbocycles. The van der Waals surface area contributed by atoms with Gasteiger partial charge >= 0.3 is 0 Å². The Labute approximate surface area is 191 Å². The molecule has 0 unspecified atom stereocenters. The molecule has 9 nitrogen and oxygen atoms in total. The third-order valence-corrected chi connectivity index (χ3v) is 6.54. The molecule has 5 rings (SSSR count). The van der Waals surface area contributed by atoms with Gasteiger partial charge in [0.1, 0.15) is 17.1 Å². The van der Waals surface area contributed by atoms with Crippen molar-refractivity contribution in [1.29, 1.82) is 0 Å². The van der Waals surface area contributed by atoms with Gasteiger partial charge in [0.05, 0.1) is 18.8 Å². The lowest BCUT2D eigenvalue weighted by Gasteiger charge is -2.58. The number of nitrogens with two attached hydrogens (primary N) is 2. The lowest BCUT2D eigenvalue weighted by Crippen LogP contribution is -2.63. The van der Waals surface area contributed by atoms with Crippen LogP contribution in [0, 0.1) is 17.3 Å². The van der Waals surface area contributed by atoms with Gasteiger partial charge in [-0.2, -0.15) is 10.2 Å². The van der Waals surface area contributed by atoms with Crippen LogP contribution in [0.2, 0.25) is 0 Å². The predicted octanol–water partition coefficient (Wildman–Crippen LogP) is 1.66. The van der Waals surface area contributed by atoms with Crippen molar-refractivity contribution in [3.8, 4) is 23.1 Å². The SMILES string of the molecule is CC#CC(=O)N1CC2(CC(n3nc(-c4cnn(Cc5ccccc5)c4)c(C(N)=O)c3N)C2)C1. The highest BCUT2D eigenvalue weighted by Crippen LogP contribution is 2.54. The number of nitrogens with zero attached hydrogens (tertiary/aromatic N) is 5. The highest BCUT2D eigenvalue weighted by atomic mass is 16.2. The molecule has 1 aliphatic heterocycles. The molecule has 4 N–H and O–H groups in total. The van der Waals surface area contributed by atoms with Gasteiger partial charge in [0, 0.05) is 30.3 Å². The van der Waals surface area contributed by atoms with Crippen molar-refractivity contribution in [3.63, 3.8) is 0 Å². The zero-order valence-corrected chi connectivity index (χ0v) is 18.4. The van der Waals surface area contributed by atoms with E-state index in [0.29, 0.717) is 30.9 Å². The number of carbonyl (C=O) groups excluding carboxylic acids is 2. The summed E-state index contributed by atoms with van der Waals surface area (Å²) in [5, 5.41) is 9.10. The van der Waals surface area contributed by atoms with E-state index in [-0.39, 0.29) is 28.7 Å². The molecule has 33 heavy (non-hydrogen) atoms. The van der Waals surface area contributed by atoms with E-state index in [1.165, 1.54) is 0 Å². The molecule has 3 heterocycles. The molecule has 1 spiro atoms. The first-order valence-corrected chi connectivity index (χ1v) is 10.9. The molecule has 1 aliphatic carbocycles. The molecular formula is C24H25N7O2. The number of aromatic nitrogens is 4. The topological polar surface area (TPSA) is 125 Å². The van der Waals surface area contributed by atoms with Crippen LogP contribution in [0.1, 0.15) is 41.7 Å². The van der Waals surface area contributed by atoms with Gasteiger partial charge < -0.3 is 16.4 Å². The second kappa shape index (κ2) is 7.81. The highest BCUT2D eigenvalue weighted by molar-refractivity contribution is 6.03. The summed E-state index contributed by atoms with van der Waals surface area (Å²) >= 11 is 0. The summed E-state index contributed by atoms with van der Waals surface area (Å²) in [5.41, 5.74) is 14.6. The van der Waals surface area contributed by atoms with Crippen molar-refractivity contribution in [1.82, 2.24) is 24.5 Å². The van der Waals surface area contributed by atoms with Gasteiger partial charge in [0.15, 0.2) is 0 Å². The molecule has 1 saturated heterocycles. The van der Waals surface area contributed by atoms with Crippen LogP contribution in [0.15, 0.2) is 42.7 Å². The number of rotatable bonds is 5. The third-order valence-electron chi connectivity index (χ3n) is 6.54. The van der Waals surface area contributed by atoms with Gasteiger partial charge in [-0.25, -0.2) is 4.68 Å². The normalized spacial score (nSPS) is 16.6. The van der Waals surface area contributed by atoms with Crippen LogP contribution < -0.4 is 11.5 Å². The van der Waals surface area contributed by atoms with E-state index in [0.717, 1.165) is 18.4 Å². The quantitative estimate of drug-likeness (QED) is 0.580. The lowest BCUT2D eigenvalue weighted by molar-refractivity contribution is -0.148. The molecule has 2 aromatic heterocycles. The Morgan fingerprint density at radius 2 is 1.94 bits per heavy atom. The van der Waals surface area contributed by atoms with Gasteiger partial charge in [-0.15, -0.1) is 0 Å². The summed E-state index contributed by atoms with van der Waals surface area (Å²) in [6, 6.07) is 10.0. The molecule has 2 amide bonds. The minimum atomic E-state index is -0.614. The zero-order chi connectivity index (χ0) is 23.2. The maximum absolute atomic E-state index is 12.2. The molecule has 2 aliphatic rings. The van der Waals surface area contributed by atoms with Crippen LogP contribution in [-0.2, 0) is 11.3 Å². The fraction of sp³-hybridized carbons (Fsp3) is 0.333. The van der Waals surface area contributed by atoms with E-state index in [1.807, 2.05) is 36.5 Å². The Balaban J connectivity index is 1.34. The van der Waals surface area contributed by atoms with E-state index in [9.17, 15) is 9.59 Å². The molecule has 3 aromatic rings. The number of likely N-dealkylation sites (tertiary alicyclic amines) is 1. The molecule has 0 bridgehead atoms. The number of benzene rings is 1. The second-order valence-corrected chi connectivity index (χ2v) is 8.93. The number of carbonyl (C=O) groups is 2. The largest absolute Gasteiger partial charge is 0.383 e. The van der Waals surface area contributed by atoms with Gasteiger partial charge in [-0.3, -0.25) is 14.3 Å². The number of hydrogen-bond acceptors (Lipinski definition) is 5. The molecular weight excluding hydrogens is 418 g/mol. The molecule has 2 fully saturated rings. The molecule has 0 radical (unpaired) electrons. The smallest absolute Gasteiger partial charge is 0.298 e. The Morgan fingerprint density at radius 1 is 1.21 bits per heavy atom. The summed E-state index contributed by atoms with van der Waals surface area (Å²) < 4.78 is 3.51. The maximum Gasteiger partial charge on any atom is 0.298 e. The van der Waals surface area contributed by atoms with Gasteiger partial charge in [0.2, 0.25) is 0 Å². The average Bonchev–Trinajstić information content (AvgIpc) is 3.31. The Bertz CT molecular complexity index is 1280. The minimum absolute atomic E-state index is 0.0609. The van der Waals surface area contributed by atoms with Crippen LogP contribution in [0.25, 0.3) is 11.3 Å². The second-order valence-electron chi connectivity index (χ2n) is 8.93. The monoisotopic (exact) mass is 443 g/mol. The lowest BCUT2D eigenvalue weighted by atomic mass is 9.60. The minimum Gasteiger partial charge on any atom is -0.383 e. The number of hydrogen-bond donors (Lipinski definition) is 2. The summed E-state index contributed by atoms with van der Waals surface area (Å²) in [5.74, 6) is 4.77. The van der Waals surface area contributed by atoms with Crippen molar-refractivity contribution in [2.24, 2.45) is 11.1 Å². The van der Waals surface area contributed by atoms with E-state index >= 15 is 0 Å². The van der Waals surface area contributed by atoms with E-state index < -0.39 is 5.91 Å². The number of nitrogen functional groups attached to an aromatic ring is 1. The molecule has 0 atom stereocenters. The molecule has 168 valence electrons. The summed E-state index contributed by atoms with van der Waals surface area (Å²) in [6.07, 6.45) is 5.20. The first-order valence-electron chi connectivity index (χ1n) is 10.9. The predicted molar refractivity (Wildman–Crippen MR) is 123 cm³/mol. The van der Waals surface area contributed by atoms with Crippen molar-refractivity contribution in [2.45, 2.75) is 32.4 Å². The average molecular weight is 444 g/mol. The van der Waals surface area contributed by atoms with Crippen molar-refractivity contribution >= 4 is 17.6 Å². The number of primary amides is 1. The van der Waals surface area contributed by atoms with Gasteiger partial charge in [-0.05, 0) is 31.2 Å². The van der Waals surface area contributed by atoms with Gasteiger partial charge in [-0.1, -0.05) is 36.3 Å². The van der Waals surface area contributed by atoms with E-state index in [4.69, 9.17) is 11.5 Å². The first-order chi connectivity index (χ1) is 15.9. The fourth-order valence-corrected chi connectivity index (χ4v) is 4.98. The zero-order valence-electron chi connectivity index (χ0n) is 18.4. The Morgan fingerprint density at radius 3 is 2.61 bits per heavy atom. The first kappa shape index (κ1) is 20.8. The summed E-state index contributed by atoms with van der Waals surface area (Å²) in [6.45, 7) is 3.65. The summed E-state index contributed by atoms with van der Waals surface area (Å²) in [4.78, 5) is 25.9. The van der Waals surface area contributed by atoms with Crippen LogP contribution in [-0.4, -0.2) is 49.4 Å². The number of amides is 2. The van der Waals surface area contributed by atoms with Crippen molar-refractivity contribution < 1.29 is 9.59 Å². The third kappa shape index (κ3) is 3.63. The van der Waals surface area contributed by atoms with E-state index in [1.54, 1.807) is 27.4 Å². The van der Waals surface area contributed by atoms with E-state index in [2.05, 4.69) is 22.0 Å². The summed E-state index contributed by atoms with van der Waals surface area (Å²) in [7, 11) is 0. The van der Waals surface area contributed by atoms with Gasteiger partial charge in [0.25, 0.3) is 11.8 Å². The fourth-order valence-electron chi connectivity index (χ4n) is 4.98. The van der Waals surface area contributed by atoms with Crippen LogP contribution in [0.3, 0.4) is 0 Å². The molecule has 9 heteroatoms. The van der Waals surface area contributed by atoms with Crippen LogP contribution in [0.5, 0.6) is 0 Å². The van der Waals surface area contributed by atoms with Crippen LogP contribution >= 0.6 is 0 Å². The standard InChI is InChI=1S/C24H25N7O2/c1-2-6-19(32)29-14-24(15-29)9-18(10-24)31-22(25)20(23(26)33)21(28-31)17-11-27-30(13-17)12-16-7-4-3-5-8-16/h3-5,7-8,11,13,18H,9-10,12,14-15,25H2,1H3,(H2,26,33). The van der Waals surface area contributed by atoms with Crippen LogP contribution in [0.4, 0.5) is 5.82 Å². The van der Waals surface area contributed by atoms with Crippen molar-refractivity contribution in [2.75, 3.05) is 18.8 Å².